The van der Waals surface area contributed by atoms with E-state index in [9.17, 15) is 14.7 Å². The number of hydrogen-bond donors (Lipinski definition) is 0. The van der Waals surface area contributed by atoms with Gasteiger partial charge in [0.05, 0.1) is 0 Å². The van der Waals surface area contributed by atoms with Gasteiger partial charge in [-0.05, 0) is 31.2 Å². The smallest absolute Gasteiger partial charge is 0.162 e. The van der Waals surface area contributed by atoms with Gasteiger partial charge in [0, 0.05) is 18.0 Å². The molecule has 0 saturated carbocycles. The maximum Gasteiger partial charge on any atom is 0.162 e. The van der Waals surface area contributed by atoms with E-state index in [-0.39, 0.29) is 12.2 Å². The highest BCUT2D eigenvalue weighted by atomic mass is 16.4. The van der Waals surface area contributed by atoms with Gasteiger partial charge in [-0.3, -0.25) is 4.79 Å². The van der Waals surface area contributed by atoms with Crippen LogP contribution in [0.4, 0.5) is 0 Å². The van der Waals surface area contributed by atoms with Crippen LogP contribution in [0.15, 0.2) is 24.3 Å². The maximum atomic E-state index is 12.0. The maximum absolute atomic E-state index is 12.0. The van der Waals surface area contributed by atoms with Crippen molar-refractivity contribution in [3.63, 3.8) is 0 Å². The third kappa shape index (κ3) is 7.64. The average molecular weight is 289 g/mol. The molecule has 0 aliphatic heterocycles. The summed E-state index contributed by atoms with van der Waals surface area (Å²) in [5, 5.41) is 10.3. The predicted molar refractivity (Wildman–Crippen MR) is 82.1 cm³/mol. The van der Waals surface area contributed by atoms with Crippen LogP contribution in [-0.2, 0) is 11.2 Å². The molecule has 0 amide bonds. The Balaban J connectivity index is 2.32. The van der Waals surface area contributed by atoms with Crippen LogP contribution in [0, 0.1) is 0 Å². The molecule has 0 atom stereocenters. The molecule has 1 aromatic carbocycles. The molecule has 0 spiro atoms. The molecular weight excluding hydrogens is 264 g/mol. The SMILES string of the molecule is CCCCCCCC(=O)c1ccc(CCCC(=O)[O-])cc1. The van der Waals surface area contributed by atoms with E-state index in [1.807, 2.05) is 24.3 Å². The number of carboxylic acids is 1. The molecule has 0 bridgehead atoms. The fourth-order valence-electron chi connectivity index (χ4n) is 2.33. The quantitative estimate of drug-likeness (QED) is 0.464. The molecule has 0 aliphatic carbocycles. The van der Waals surface area contributed by atoms with Crippen LogP contribution >= 0.6 is 0 Å². The highest BCUT2D eigenvalue weighted by molar-refractivity contribution is 5.96. The Morgan fingerprint density at radius 1 is 0.905 bits per heavy atom. The van der Waals surface area contributed by atoms with Crippen molar-refractivity contribution in [3.05, 3.63) is 35.4 Å². The molecule has 1 aromatic rings. The lowest BCUT2D eigenvalue weighted by Gasteiger charge is -2.05. The minimum atomic E-state index is -1.01. The minimum absolute atomic E-state index is 0.0818. The van der Waals surface area contributed by atoms with Gasteiger partial charge in [-0.15, -0.1) is 0 Å². The average Bonchev–Trinajstić information content (AvgIpc) is 2.47. The van der Waals surface area contributed by atoms with Crippen molar-refractivity contribution in [2.45, 2.75) is 64.7 Å². The monoisotopic (exact) mass is 289 g/mol. The summed E-state index contributed by atoms with van der Waals surface area (Å²) in [6.07, 6.45) is 7.75. The van der Waals surface area contributed by atoms with Crippen molar-refractivity contribution >= 4 is 11.8 Å². The van der Waals surface area contributed by atoms with Gasteiger partial charge in [0.1, 0.15) is 0 Å². The Kier molecular flexibility index (Phi) is 8.41. The van der Waals surface area contributed by atoms with E-state index < -0.39 is 5.97 Å². The Morgan fingerprint density at radius 3 is 2.19 bits per heavy atom. The summed E-state index contributed by atoms with van der Waals surface area (Å²) < 4.78 is 0. The molecule has 0 fully saturated rings. The summed E-state index contributed by atoms with van der Waals surface area (Å²) in [5.74, 6) is -0.808. The van der Waals surface area contributed by atoms with Crippen LogP contribution in [0.25, 0.3) is 0 Å². The topological polar surface area (TPSA) is 57.2 Å². The number of carboxylic acid groups (broad SMARTS) is 1. The third-order valence-corrected chi connectivity index (χ3v) is 3.63. The van der Waals surface area contributed by atoms with Gasteiger partial charge >= 0.3 is 0 Å². The second-order valence-electron chi connectivity index (χ2n) is 5.51. The van der Waals surface area contributed by atoms with E-state index in [0.29, 0.717) is 19.3 Å². The van der Waals surface area contributed by atoms with Gasteiger partial charge in [0.2, 0.25) is 0 Å². The molecule has 0 aromatic heterocycles. The highest BCUT2D eigenvalue weighted by Crippen LogP contribution is 2.12. The molecule has 0 saturated heterocycles. The molecule has 0 aliphatic rings. The standard InChI is InChI=1S/C18H26O3/c1-2-3-4-5-6-9-17(19)16-13-11-15(12-14-16)8-7-10-18(20)21/h11-14H,2-10H2,1H3,(H,20,21)/p-1. The number of rotatable bonds is 11. The fraction of sp³-hybridized carbons (Fsp3) is 0.556. The highest BCUT2D eigenvalue weighted by Gasteiger charge is 2.05. The zero-order valence-corrected chi connectivity index (χ0v) is 12.9. The van der Waals surface area contributed by atoms with Gasteiger partial charge in [-0.25, -0.2) is 0 Å². The number of carbonyl (C=O) groups is 2. The summed E-state index contributed by atoms with van der Waals surface area (Å²) >= 11 is 0. The molecule has 0 radical (unpaired) electrons. The Bertz CT molecular complexity index is 434. The molecular formula is C18H25O3-. The lowest BCUT2D eigenvalue weighted by molar-refractivity contribution is -0.305. The lowest BCUT2D eigenvalue weighted by atomic mass is 10.0. The Morgan fingerprint density at radius 2 is 1.57 bits per heavy atom. The molecule has 0 unspecified atom stereocenters. The predicted octanol–water partition coefficient (Wildman–Crippen LogP) is 3.30. The van der Waals surface area contributed by atoms with Crippen LogP contribution in [-0.4, -0.2) is 11.8 Å². The van der Waals surface area contributed by atoms with Gasteiger partial charge < -0.3 is 9.90 Å². The van der Waals surface area contributed by atoms with Crippen molar-refractivity contribution in [2.75, 3.05) is 0 Å². The first kappa shape index (κ1) is 17.4. The number of ketones is 1. The molecule has 0 heterocycles. The Hall–Kier alpha value is -1.64. The summed E-state index contributed by atoms with van der Waals surface area (Å²) in [5.41, 5.74) is 1.82. The Labute approximate surface area is 127 Å². The minimum Gasteiger partial charge on any atom is -0.550 e. The van der Waals surface area contributed by atoms with Gasteiger partial charge in [-0.1, -0.05) is 56.9 Å². The second kappa shape index (κ2) is 10.1. The van der Waals surface area contributed by atoms with Crippen LogP contribution in [0.2, 0.25) is 0 Å². The first-order chi connectivity index (χ1) is 10.1. The first-order valence-electron chi connectivity index (χ1n) is 7.95. The number of Topliss-reactive ketones (excluding diaryl/α,β-unsaturated/α-hetero) is 1. The van der Waals surface area contributed by atoms with Crippen LogP contribution in [0.1, 0.15) is 74.2 Å². The summed E-state index contributed by atoms with van der Waals surface area (Å²) in [7, 11) is 0. The largest absolute Gasteiger partial charge is 0.550 e. The molecule has 0 N–H and O–H groups in total. The number of unbranched alkanes of at least 4 members (excludes halogenated alkanes) is 4. The van der Waals surface area contributed by atoms with Crippen LogP contribution in [0.5, 0.6) is 0 Å². The van der Waals surface area contributed by atoms with Crippen molar-refractivity contribution in [1.82, 2.24) is 0 Å². The van der Waals surface area contributed by atoms with E-state index in [0.717, 1.165) is 24.0 Å². The molecule has 3 nitrogen and oxygen atoms in total. The van der Waals surface area contributed by atoms with E-state index >= 15 is 0 Å². The second-order valence-corrected chi connectivity index (χ2v) is 5.51. The summed E-state index contributed by atoms with van der Waals surface area (Å²) in [6, 6.07) is 7.53. The number of carbonyl (C=O) groups excluding carboxylic acids is 2. The molecule has 3 heteroatoms. The fourth-order valence-corrected chi connectivity index (χ4v) is 2.33. The van der Waals surface area contributed by atoms with Crippen LogP contribution in [0.3, 0.4) is 0 Å². The van der Waals surface area contributed by atoms with Gasteiger partial charge in [0.25, 0.3) is 0 Å². The number of benzene rings is 1. The van der Waals surface area contributed by atoms with Crippen LogP contribution < -0.4 is 5.11 Å². The number of aryl methyl sites for hydroxylation is 1. The number of hydrogen-bond acceptors (Lipinski definition) is 3. The molecule has 21 heavy (non-hydrogen) atoms. The van der Waals surface area contributed by atoms with E-state index in [1.165, 1.54) is 19.3 Å². The van der Waals surface area contributed by atoms with Crippen molar-refractivity contribution in [3.8, 4) is 0 Å². The zero-order valence-electron chi connectivity index (χ0n) is 12.9. The van der Waals surface area contributed by atoms with E-state index in [1.54, 1.807) is 0 Å². The zero-order chi connectivity index (χ0) is 15.5. The molecule has 1 rings (SSSR count). The summed E-state index contributed by atoms with van der Waals surface area (Å²) in [6.45, 7) is 2.18. The normalized spacial score (nSPS) is 10.5. The lowest BCUT2D eigenvalue weighted by Crippen LogP contribution is -2.21. The van der Waals surface area contributed by atoms with Crippen molar-refractivity contribution < 1.29 is 14.7 Å². The van der Waals surface area contributed by atoms with Crippen molar-refractivity contribution in [2.24, 2.45) is 0 Å². The molecule has 116 valence electrons. The third-order valence-electron chi connectivity index (χ3n) is 3.63. The van der Waals surface area contributed by atoms with Gasteiger partial charge in [0.15, 0.2) is 5.78 Å². The van der Waals surface area contributed by atoms with Gasteiger partial charge in [-0.2, -0.15) is 0 Å². The number of aliphatic carboxylic acids is 1. The van der Waals surface area contributed by atoms with E-state index in [2.05, 4.69) is 6.92 Å². The summed E-state index contributed by atoms with van der Waals surface area (Å²) in [4.78, 5) is 22.3. The van der Waals surface area contributed by atoms with E-state index in [4.69, 9.17) is 0 Å². The first-order valence-corrected chi connectivity index (χ1v) is 7.95. The van der Waals surface area contributed by atoms with Crippen molar-refractivity contribution in [1.29, 1.82) is 0 Å².